The van der Waals surface area contributed by atoms with Gasteiger partial charge in [-0.3, -0.25) is 9.69 Å². The molecule has 1 heterocycles. The Morgan fingerprint density at radius 3 is 2.26 bits per heavy atom. The van der Waals surface area contributed by atoms with Crippen LogP contribution < -0.4 is 0 Å². The normalized spacial score (nSPS) is 18.4. The van der Waals surface area contributed by atoms with Gasteiger partial charge < -0.3 is 4.90 Å². The number of halogens is 1. The first kappa shape index (κ1) is 24.2. The summed E-state index contributed by atoms with van der Waals surface area (Å²) >= 11 is 0. The molecule has 1 fully saturated rings. The number of aryl methyl sites for hydroxylation is 1. The molecule has 0 radical (unpaired) electrons. The summed E-state index contributed by atoms with van der Waals surface area (Å²) in [5, 5.41) is 0. The Hall–Kier alpha value is -2.98. The van der Waals surface area contributed by atoms with Gasteiger partial charge in [-0.25, -0.2) is 4.39 Å². The number of hydrogen-bond donors (Lipinski definition) is 0. The second-order valence-corrected chi connectivity index (χ2v) is 9.96. The molecular formula is C30H35FN2O. The van der Waals surface area contributed by atoms with Crippen molar-refractivity contribution in [1.29, 1.82) is 0 Å². The average molecular weight is 459 g/mol. The first-order valence-electron chi connectivity index (χ1n) is 12.2. The molecule has 3 nitrogen and oxygen atoms in total. The molecular weight excluding hydrogens is 423 g/mol. The quantitative estimate of drug-likeness (QED) is 0.411. The van der Waals surface area contributed by atoms with E-state index in [1.54, 1.807) is 12.1 Å². The topological polar surface area (TPSA) is 23.6 Å². The van der Waals surface area contributed by atoms with Gasteiger partial charge in [-0.05, 0) is 41.7 Å². The van der Waals surface area contributed by atoms with Crippen molar-refractivity contribution in [1.82, 2.24) is 9.80 Å². The fourth-order valence-electron chi connectivity index (χ4n) is 5.00. The summed E-state index contributed by atoms with van der Waals surface area (Å²) in [5.74, 6) is 0.500. The van der Waals surface area contributed by atoms with Crippen LogP contribution in [0.4, 0.5) is 4.39 Å². The van der Waals surface area contributed by atoms with Crippen molar-refractivity contribution >= 4 is 5.91 Å². The Morgan fingerprint density at radius 2 is 1.62 bits per heavy atom. The van der Waals surface area contributed by atoms with Gasteiger partial charge in [0.2, 0.25) is 5.91 Å². The molecule has 34 heavy (non-hydrogen) atoms. The predicted octanol–water partition coefficient (Wildman–Crippen LogP) is 6.03. The van der Waals surface area contributed by atoms with Crippen LogP contribution in [0.25, 0.3) is 0 Å². The van der Waals surface area contributed by atoms with E-state index in [1.807, 2.05) is 18.7 Å². The van der Waals surface area contributed by atoms with Crippen LogP contribution in [0.2, 0.25) is 0 Å². The molecule has 178 valence electrons. The smallest absolute Gasteiger partial charge is 0.225 e. The summed E-state index contributed by atoms with van der Waals surface area (Å²) in [5.41, 5.74) is 4.87. The molecule has 1 aliphatic heterocycles. The van der Waals surface area contributed by atoms with Crippen LogP contribution >= 0.6 is 0 Å². The van der Waals surface area contributed by atoms with Crippen molar-refractivity contribution in [3.05, 3.63) is 107 Å². The number of hydrogen-bond acceptors (Lipinski definition) is 2. The SMILES string of the molecule is Cc1ccc(C2CN(Cc3ccccc3)CC2CN(Cc2ccc(F)cc2)C(=O)C(C)C)cc1. The first-order valence-corrected chi connectivity index (χ1v) is 12.2. The molecule has 0 saturated carbocycles. The summed E-state index contributed by atoms with van der Waals surface area (Å²) < 4.78 is 13.4. The van der Waals surface area contributed by atoms with Gasteiger partial charge >= 0.3 is 0 Å². The molecule has 4 rings (SSSR count). The molecule has 2 unspecified atom stereocenters. The van der Waals surface area contributed by atoms with Crippen molar-refractivity contribution in [3.8, 4) is 0 Å². The predicted molar refractivity (Wildman–Crippen MR) is 136 cm³/mol. The molecule has 0 spiro atoms. The number of carbonyl (C=O) groups excluding carboxylic acids is 1. The van der Waals surface area contributed by atoms with Gasteiger partial charge in [0.05, 0.1) is 0 Å². The number of rotatable bonds is 8. The van der Waals surface area contributed by atoms with Gasteiger partial charge in [0.15, 0.2) is 0 Å². The molecule has 3 aromatic carbocycles. The van der Waals surface area contributed by atoms with Crippen LogP contribution in [-0.4, -0.2) is 35.3 Å². The average Bonchev–Trinajstić information content (AvgIpc) is 3.22. The third kappa shape index (κ3) is 6.12. The Labute approximate surface area is 203 Å². The van der Waals surface area contributed by atoms with Crippen molar-refractivity contribution in [3.63, 3.8) is 0 Å². The van der Waals surface area contributed by atoms with Gasteiger partial charge in [0, 0.05) is 44.6 Å². The van der Waals surface area contributed by atoms with E-state index in [1.165, 1.54) is 28.8 Å². The largest absolute Gasteiger partial charge is 0.338 e. The van der Waals surface area contributed by atoms with Crippen LogP contribution in [0.3, 0.4) is 0 Å². The fourth-order valence-corrected chi connectivity index (χ4v) is 5.00. The van der Waals surface area contributed by atoms with Crippen LogP contribution in [-0.2, 0) is 17.9 Å². The number of amides is 1. The molecule has 0 aliphatic carbocycles. The lowest BCUT2D eigenvalue weighted by Crippen LogP contribution is -2.39. The molecule has 2 atom stereocenters. The standard InChI is InChI=1S/C30H35FN2O/c1-22(2)30(34)33(18-25-11-15-28(31)16-12-25)20-27-19-32(17-24-7-5-4-6-8-24)21-29(27)26-13-9-23(3)10-14-26/h4-16,22,27,29H,17-21H2,1-3H3. The lowest BCUT2D eigenvalue weighted by Gasteiger charge is -2.30. The summed E-state index contributed by atoms with van der Waals surface area (Å²) in [6.07, 6.45) is 0. The minimum absolute atomic E-state index is 0.0832. The number of nitrogens with zero attached hydrogens (tertiary/aromatic N) is 2. The molecule has 1 aliphatic rings. The Balaban J connectivity index is 1.57. The highest BCUT2D eigenvalue weighted by Gasteiger charge is 2.36. The Kier molecular flexibility index (Phi) is 7.79. The van der Waals surface area contributed by atoms with Crippen LogP contribution in [0.1, 0.15) is 42.0 Å². The zero-order valence-corrected chi connectivity index (χ0v) is 20.5. The molecule has 0 aromatic heterocycles. The highest BCUT2D eigenvalue weighted by atomic mass is 19.1. The third-order valence-corrected chi connectivity index (χ3v) is 6.82. The van der Waals surface area contributed by atoms with Gasteiger partial charge in [-0.1, -0.05) is 86.1 Å². The van der Waals surface area contributed by atoms with E-state index in [4.69, 9.17) is 0 Å². The van der Waals surface area contributed by atoms with Crippen molar-refractivity contribution < 1.29 is 9.18 Å². The van der Waals surface area contributed by atoms with Gasteiger partial charge in [0.25, 0.3) is 0 Å². The number of benzene rings is 3. The van der Waals surface area contributed by atoms with Crippen LogP contribution in [0, 0.1) is 24.6 Å². The summed E-state index contributed by atoms with van der Waals surface area (Å²) in [4.78, 5) is 17.7. The van der Waals surface area contributed by atoms with E-state index in [0.717, 1.165) is 25.2 Å². The highest BCUT2D eigenvalue weighted by Crippen LogP contribution is 2.35. The highest BCUT2D eigenvalue weighted by molar-refractivity contribution is 5.78. The van der Waals surface area contributed by atoms with Gasteiger partial charge in [0.1, 0.15) is 5.82 Å². The monoisotopic (exact) mass is 458 g/mol. The van der Waals surface area contributed by atoms with E-state index in [9.17, 15) is 9.18 Å². The van der Waals surface area contributed by atoms with Crippen molar-refractivity contribution in [2.45, 2.75) is 39.8 Å². The molecule has 0 bridgehead atoms. The maximum Gasteiger partial charge on any atom is 0.225 e. The molecule has 0 N–H and O–H groups in total. The van der Waals surface area contributed by atoms with Crippen LogP contribution in [0.15, 0.2) is 78.9 Å². The third-order valence-electron chi connectivity index (χ3n) is 6.82. The summed E-state index contributed by atoms with van der Waals surface area (Å²) in [6.45, 7) is 10.0. The van der Waals surface area contributed by atoms with E-state index in [2.05, 4.69) is 66.4 Å². The Bertz CT molecular complexity index is 1060. The fraction of sp³-hybridized carbons (Fsp3) is 0.367. The summed E-state index contributed by atoms with van der Waals surface area (Å²) in [7, 11) is 0. The lowest BCUT2D eigenvalue weighted by molar-refractivity contribution is -0.135. The zero-order chi connectivity index (χ0) is 24.1. The van der Waals surface area contributed by atoms with Crippen molar-refractivity contribution in [2.75, 3.05) is 19.6 Å². The number of carbonyl (C=O) groups is 1. The second kappa shape index (κ2) is 11.0. The van der Waals surface area contributed by atoms with Crippen molar-refractivity contribution in [2.24, 2.45) is 11.8 Å². The molecule has 3 aromatic rings. The minimum atomic E-state index is -0.253. The maximum absolute atomic E-state index is 13.4. The van der Waals surface area contributed by atoms with E-state index in [-0.39, 0.29) is 17.6 Å². The van der Waals surface area contributed by atoms with Crippen LogP contribution in [0.5, 0.6) is 0 Å². The minimum Gasteiger partial charge on any atom is -0.338 e. The van der Waals surface area contributed by atoms with Gasteiger partial charge in [-0.2, -0.15) is 0 Å². The zero-order valence-electron chi connectivity index (χ0n) is 20.5. The molecule has 1 saturated heterocycles. The van der Waals surface area contributed by atoms with E-state index in [0.29, 0.717) is 24.9 Å². The molecule has 1 amide bonds. The van der Waals surface area contributed by atoms with Gasteiger partial charge in [-0.15, -0.1) is 0 Å². The lowest BCUT2D eigenvalue weighted by atomic mass is 9.88. The summed E-state index contributed by atoms with van der Waals surface area (Å²) in [6, 6.07) is 25.9. The Morgan fingerprint density at radius 1 is 0.941 bits per heavy atom. The van der Waals surface area contributed by atoms with E-state index >= 15 is 0 Å². The first-order chi connectivity index (χ1) is 16.4. The number of likely N-dealkylation sites (tertiary alicyclic amines) is 1. The van der Waals surface area contributed by atoms with E-state index < -0.39 is 0 Å². The molecule has 4 heteroatoms. The second-order valence-electron chi connectivity index (χ2n) is 9.96. The maximum atomic E-state index is 13.4.